The lowest BCUT2D eigenvalue weighted by Crippen LogP contribution is -2.36. The maximum atomic E-state index is 13.0. The molecule has 0 aromatic heterocycles. The quantitative estimate of drug-likeness (QED) is 0.695. The lowest BCUT2D eigenvalue weighted by atomic mass is 9.88. The van der Waals surface area contributed by atoms with E-state index >= 15 is 0 Å². The zero-order valence-electron chi connectivity index (χ0n) is 16.7. The molecule has 1 aliphatic carbocycles. The zero-order valence-corrected chi connectivity index (χ0v) is 17.4. The Bertz CT molecular complexity index is 972. The van der Waals surface area contributed by atoms with Crippen molar-refractivity contribution in [2.45, 2.75) is 44.2 Å². The minimum Gasteiger partial charge on any atom is -0.384 e. The second-order valence-electron chi connectivity index (χ2n) is 8.35. The molecule has 7 heteroatoms. The van der Waals surface area contributed by atoms with Crippen LogP contribution in [0.1, 0.15) is 54.1 Å². The van der Waals surface area contributed by atoms with Crippen molar-refractivity contribution < 1.29 is 9.59 Å². The largest absolute Gasteiger partial charge is 0.384 e. The second-order valence-corrected chi connectivity index (χ2v) is 8.79. The summed E-state index contributed by atoms with van der Waals surface area (Å²) >= 11 is 5.99. The van der Waals surface area contributed by atoms with Gasteiger partial charge in [0.1, 0.15) is 0 Å². The second kappa shape index (κ2) is 7.93. The van der Waals surface area contributed by atoms with Crippen molar-refractivity contribution in [3.63, 3.8) is 0 Å². The normalized spacial score (nSPS) is 23.5. The molecule has 2 aromatic carbocycles. The highest BCUT2D eigenvalue weighted by molar-refractivity contribution is 6.30. The molecule has 0 bridgehead atoms. The first-order chi connectivity index (χ1) is 14.6. The van der Waals surface area contributed by atoms with Gasteiger partial charge >= 0.3 is 0 Å². The van der Waals surface area contributed by atoms with Crippen molar-refractivity contribution >= 4 is 34.8 Å². The lowest BCUT2D eigenvalue weighted by Gasteiger charge is -2.28. The predicted octanol–water partition coefficient (Wildman–Crippen LogP) is 4.04. The van der Waals surface area contributed by atoms with E-state index in [4.69, 9.17) is 11.6 Å². The lowest BCUT2D eigenvalue weighted by molar-refractivity contribution is -0.120. The molecule has 2 unspecified atom stereocenters. The minimum atomic E-state index is -0.232. The summed E-state index contributed by atoms with van der Waals surface area (Å²) in [6.45, 7) is 0.557. The fourth-order valence-electron chi connectivity index (χ4n) is 4.74. The first-order valence-corrected chi connectivity index (χ1v) is 11.0. The number of hydrazine groups is 1. The highest BCUT2D eigenvalue weighted by atomic mass is 35.5. The van der Waals surface area contributed by atoms with Gasteiger partial charge in [-0.3, -0.25) is 9.59 Å². The van der Waals surface area contributed by atoms with Gasteiger partial charge in [-0.15, -0.1) is 0 Å². The van der Waals surface area contributed by atoms with E-state index in [1.165, 1.54) is 19.3 Å². The number of benzene rings is 2. The van der Waals surface area contributed by atoms with Crippen LogP contribution in [0, 0.1) is 5.92 Å². The molecule has 2 aliphatic heterocycles. The number of carbonyl (C=O) groups is 2. The van der Waals surface area contributed by atoms with Gasteiger partial charge in [-0.25, -0.2) is 10.4 Å². The van der Waals surface area contributed by atoms with Gasteiger partial charge in [-0.1, -0.05) is 30.9 Å². The smallest absolute Gasteiger partial charge is 0.251 e. The Hall–Kier alpha value is -2.57. The molecule has 156 valence electrons. The maximum absolute atomic E-state index is 13.0. The fraction of sp³-hybridized carbons (Fsp3) is 0.391. The van der Waals surface area contributed by atoms with E-state index in [0.29, 0.717) is 17.1 Å². The Balaban J connectivity index is 1.39. The number of nitrogens with one attached hydrogen (secondary N) is 3. The number of rotatable bonds is 3. The molecular weight excluding hydrogens is 400 g/mol. The van der Waals surface area contributed by atoms with Crippen LogP contribution in [0.4, 0.5) is 11.4 Å². The van der Waals surface area contributed by atoms with Crippen molar-refractivity contribution in [2.24, 2.45) is 5.92 Å². The molecule has 2 atom stereocenters. The fourth-order valence-corrected chi connectivity index (χ4v) is 4.87. The molecular formula is C23H25ClN4O2. The number of anilines is 2. The number of nitrogens with zero attached hydrogens (tertiary/aromatic N) is 1. The summed E-state index contributed by atoms with van der Waals surface area (Å²) in [5, 5.41) is 8.76. The summed E-state index contributed by atoms with van der Waals surface area (Å²) in [7, 11) is 0. The van der Waals surface area contributed by atoms with Crippen molar-refractivity contribution in [2.75, 3.05) is 16.9 Å². The molecule has 0 spiro atoms. The Morgan fingerprint density at radius 2 is 1.83 bits per heavy atom. The molecule has 2 fully saturated rings. The van der Waals surface area contributed by atoms with E-state index in [0.717, 1.165) is 29.8 Å². The molecule has 5 rings (SSSR count). The van der Waals surface area contributed by atoms with E-state index in [-0.39, 0.29) is 29.8 Å². The molecule has 1 saturated carbocycles. The molecule has 3 aliphatic rings. The van der Waals surface area contributed by atoms with Crippen LogP contribution < -0.4 is 21.1 Å². The van der Waals surface area contributed by atoms with Gasteiger partial charge in [0.15, 0.2) is 0 Å². The number of halogens is 1. The average Bonchev–Trinajstić information content (AvgIpc) is 3.11. The van der Waals surface area contributed by atoms with Crippen LogP contribution in [0.3, 0.4) is 0 Å². The standard InChI is InChI=1S/C23H25ClN4O2/c24-15-7-9-17(10-8-15)28-23(30)19-13-25-20-11-6-14(12-18(20)21(19)27-28)22(29)26-16-4-2-1-3-5-16/h6-12,16,19,21,25,27H,1-5,13H2,(H,26,29). The zero-order chi connectivity index (χ0) is 20.7. The van der Waals surface area contributed by atoms with Crippen LogP contribution in [-0.4, -0.2) is 24.4 Å². The average molecular weight is 425 g/mol. The van der Waals surface area contributed by atoms with Crippen molar-refractivity contribution in [1.82, 2.24) is 10.7 Å². The Kier molecular flexibility index (Phi) is 5.13. The third-order valence-corrected chi connectivity index (χ3v) is 6.65. The summed E-state index contributed by atoms with van der Waals surface area (Å²) in [4.78, 5) is 25.9. The molecule has 1 saturated heterocycles. The maximum Gasteiger partial charge on any atom is 0.251 e. The van der Waals surface area contributed by atoms with Gasteiger partial charge in [-0.05, 0) is 60.9 Å². The van der Waals surface area contributed by atoms with Gasteiger partial charge in [0.05, 0.1) is 17.6 Å². The number of fused-ring (bicyclic) bond motifs is 3. The molecule has 6 nitrogen and oxygen atoms in total. The molecule has 0 radical (unpaired) electrons. The van der Waals surface area contributed by atoms with E-state index in [1.54, 1.807) is 17.1 Å². The number of amides is 2. The topological polar surface area (TPSA) is 73.5 Å². The predicted molar refractivity (Wildman–Crippen MR) is 118 cm³/mol. The summed E-state index contributed by atoms with van der Waals surface area (Å²) in [6, 6.07) is 13.0. The van der Waals surface area contributed by atoms with Crippen LogP contribution in [-0.2, 0) is 4.79 Å². The SMILES string of the molecule is O=C(NC1CCCCC1)c1ccc2c(c1)C1NN(c3ccc(Cl)cc3)C(=O)C1CN2. The van der Waals surface area contributed by atoms with Gasteiger partial charge in [0.25, 0.3) is 5.91 Å². The van der Waals surface area contributed by atoms with Gasteiger partial charge in [-0.2, -0.15) is 0 Å². The van der Waals surface area contributed by atoms with Crippen LogP contribution in [0.25, 0.3) is 0 Å². The minimum absolute atomic E-state index is 0.0116. The number of hydrogen-bond acceptors (Lipinski definition) is 4. The summed E-state index contributed by atoms with van der Waals surface area (Å²) in [6.07, 6.45) is 5.71. The molecule has 2 heterocycles. The van der Waals surface area contributed by atoms with Gasteiger partial charge < -0.3 is 10.6 Å². The van der Waals surface area contributed by atoms with Crippen LogP contribution in [0.2, 0.25) is 5.02 Å². The number of hydrogen-bond donors (Lipinski definition) is 3. The third-order valence-electron chi connectivity index (χ3n) is 6.39. The highest BCUT2D eigenvalue weighted by Gasteiger charge is 2.44. The van der Waals surface area contributed by atoms with Crippen molar-refractivity contribution in [3.05, 3.63) is 58.6 Å². The number of carbonyl (C=O) groups excluding carboxylic acids is 2. The van der Waals surface area contributed by atoms with Crippen molar-refractivity contribution in [1.29, 1.82) is 0 Å². The Labute approximate surface area is 180 Å². The van der Waals surface area contributed by atoms with E-state index < -0.39 is 0 Å². The summed E-state index contributed by atoms with van der Waals surface area (Å²) < 4.78 is 0. The van der Waals surface area contributed by atoms with Crippen LogP contribution in [0.15, 0.2) is 42.5 Å². The van der Waals surface area contributed by atoms with E-state index in [9.17, 15) is 9.59 Å². The van der Waals surface area contributed by atoms with Crippen molar-refractivity contribution in [3.8, 4) is 0 Å². The molecule has 3 N–H and O–H groups in total. The van der Waals surface area contributed by atoms with Gasteiger partial charge in [0, 0.05) is 28.9 Å². The summed E-state index contributed by atoms with van der Waals surface area (Å²) in [5.74, 6) is -0.256. The Morgan fingerprint density at radius 1 is 1.07 bits per heavy atom. The summed E-state index contributed by atoms with van der Waals surface area (Å²) in [5.41, 5.74) is 6.66. The van der Waals surface area contributed by atoms with Crippen LogP contribution >= 0.6 is 11.6 Å². The van der Waals surface area contributed by atoms with Gasteiger partial charge in [0.2, 0.25) is 5.91 Å². The molecule has 2 amide bonds. The monoisotopic (exact) mass is 424 g/mol. The van der Waals surface area contributed by atoms with E-state index in [1.807, 2.05) is 30.3 Å². The molecule has 2 aromatic rings. The first kappa shape index (κ1) is 19.4. The Morgan fingerprint density at radius 3 is 2.60 bits per heavy atom. The van der Waals surface area contributed by atoms with Crippen LogP contribution in [0.5, 0.6) is 0 Å². The third kappa shape index (κ3) is 3.55. The first-order valence-electron chi connectivity index (χ1n) is 10.6. The van der Waals surface area contributed by atoms with E-state index in [2.05, 4.69) is 16.1 Å². The highest BCUT2D eigenvalue weighted by Crippen LogP contribution is 2.40. The molecule has 30 heavy (non-hydrogen) atoms.